The number of carbonyl (C=O) groups is 1. The van der Waals surface area contributed by atoms with E-state index in [9.17, 15) is 14.9 Å². The number of nitro groups is 1. The highest BCUT2D eigenvalue weighted by atomic mass is 32.2. The second-order valence-electron chi connectivity index (χ2n) is 6.06. The van der Waals surface area contributed by atoms with E-state index in [0.29, 0.717) is 28.0 Å². The average Bonchev–Trinajstić information content (AvgIpc) is 3.41. The van der Waals surface area contributed by atoms with Gasteiger partial charge in [0, 0.05) is 17.9 Å². The van der Waals surface area contributed by atoms with Crippen LogP contribution in [0.3, 0.4) is 0 Å². The highest BCUT2D eigenvalue weighted by Crippen LogP contribution is 2.31. The molecule has 0 aliphatic carbocycles. The topological polar surface area (TPSA) is 113 Å². The standard InChI is InChI=1S/C19H15N5O4S2/c1-2-28-18(25)14(10-12-5-7-13(8-6-12)24(26)27)15-11-30-19-21-20-17(23(19)22-15)16-4-3-9-29-16/h3-10H,2,11H2,1H3/b14-10-. The minimum absolute atomic E-state index is 0.0230. The van der Waals surface area contributed by atoms with Gasteiger partial charge in [-0.25, -0.2) is 4.79 Å². The van der Waals surface area contributed by atoms with Gasteiger partial charge in [0.2, 0.25) is 5.16 Å². The van der Waals surface area contributed by atoms with Gasteiger partial charge in [0.25, 0.3) is 5.69 Å². The molecule has 0 amide bonds. The fraction of sp³-hybridized carbons (Fsp3) is 0.158. The quantitative estimate of drug-likeness (QED) is 0.247. The number of esters is 1. The zero-order valence-corrected chi connectivity index (χ0v) is 17.4. The lowest BCUT2D eigenvalue weighted by Crippen LogP contribution is -2.21. The molecule has 1 aliphatic rings. The van der Waals surface area contributed by atoms with E-state index < -0.39 is 10.9 Å². The van der Waals surface area contributed by atoms with Crippen molar-refractivity contribution in [2.45, 2.75) is 12.1 Å². The average molecular weight is 441 g/mol. The first-order chi connectivity index (χ1) is 14.6. The minimum atomic E-state index is -0.510. The monoisotopic (exact) mass is 441 g/mol. The normalized spacial score (nSPS) is 13.5. The van der Waals surface area contributed by atoms with Crippen molar-refractivity contribution in [2.24, 2.45) is 5.10 Å². The second-order valence-corrected chi connectivity index (χ2v) is 7.95. The summed E-state index contributed by atoms with van der Waals surface area (Å²) < 4.78 is 6.84. The van der Waals surface area contributed by atoms with Crippen molar-refractivity contribution in [3.8, 4) is 10.7 Å². The molecule has 0 N–H and O–H groups in total. The van der Waals surface area contributed by atoms with Gasteiger partial charge >= 0.3 is 5.97 Å². The van der Waals surface area contributed by atoms with E-state index in [4.69, 9.17) is 4.74 Å². The summed E-state index contributed by atoms with van der Waals surface area (Å²) in [6.45, 7) is 1.95. The largest absolute Gasteiger partial charge is 0.462 e. The fourth-order valence-corrected chi connectivity index (χ4v) is 4.27. The van der Waals surface area contributed by atoms with Crippen molar-refractivity contribution in [1.29, 1.82) is 0 Å². The molecule has 1 aliphatic heterocycles. The molecule has 9 nitrogen and oxygen atoms in total. The highest BCUT2D eigenvalue weighted by molar-refractivity contribution is 7.99. The second kappa shape index (κ2) is 8.59. The Balaban J connectivity index is 1.75. The van der Waals surface area contributed by atoms with Gasteiger partial charge in [-0.1, -0.05) is 17.8 Å². The Morgan fingerprint density at radius 3 is 2.77 bits per heavy atom. The Bertz CT molecular complexity index is 1150. The number of nitro benzene ring substituents is 1. The van der Waals surface area contributed by atoms with Crippen molar-refractivity contribution in [3.05, 3.63) is 63.0 Å². The smallest absolute Gasteiger partial charge is 0.340 e. The van der Waals surface area contributed by atoms with Crippen LogP contribution in [-0.4, -0.2) is 43.8 Å². The molecule has 0 spiro atoms. The zero-order chi connectivity index (χ0) is 21.1. The van der Waals surface area contributed by atoms with Crippen LogP contribution in [0.1, 0.15) is 12.5 Å². The first-order valence-corrected chi connectivity index (χ1v) is 10.8. The van der Waals surface area contributed by atoms with Crippen LogP contribution in [-0.2, 0) is 9.53 Å². The van der Waals surface area contributed by atoms with Crippen LogP contribution in [0.5, 0.6) is 0 Å². The summed E-state index contributed by atoms with van der Waals surface area (Å²) in [7, 11) is 0. The number of fused-ring (bicyclic) bond motifs is 1. The van der Waals surface area contributed by atoms with Crippen molar-refractivity contribution in [1.82, 2.24) is 14.9 Å². The maximum atomic E-state index is 12.7. The Kier molecular flexibility index (Phi) is 5.72. The maximum Gasteiger partial charge on any atom is 0.340 e. The van der Waals surface area contributed by atoms with Gasteiger partial charge in [-0.2, -0.15) is 9.78 Å². The molecule has 1 aromatic carbocycles. The molecule has 30 heavy (non-hydrogen) atoms. The summed E-state index contributed by atoms with van der Waals surface area (Å²) in [6, 6.07) is 9.78. The molecule has 0 unspecified atom stereocenters. The van der Waals surface area contributed by atoms with Crippen LogP contribution in [0.15, 0.2) is 57.6 Å². The summed E-state index contributed by atoms with van der Waals surface area (Å²) in [5, 5.41) is 26.5. The third-order valence-electron chi connectivity index (χ3n) is 4.13. The highest BCUT2D eigenvalue weighted by Gasteiger charge is 2.26. The molecule has 0 saturated heterocycles. The molecule has 3 aromatic rings. The maximum absolute atomic E-state index is 12.7. The molecule has 0 radical (unpaired) electrons. The lowest BCUT2D eigenvalue weighted by Gasteiger charge is -2.15. The molecule has 152 valence electrons. The Morgan fingerprint density at radius 2 is 2.10 bits per heavy atom. The molecule has 3 heterocycles. The summed E-state index contributed by atoms with van der Waals surface area (Å²) in [5.41, 5.74) is 1.41. The van der Waals surface area contributed by atoms with E-state index >= 15 is 0 Å². The predicted octanol–water partition coefficient (Wildman–Crippen LogP) is 3.87. The van der Waals surface area contributed by atoms with Crippen molar-refractivity contribution in [2.75, 3.05) is 12.4 Å². The SMILES string of the molecule is CCOC(=O)/C(=C\c1ccc([N+](=O)[O-])cc1)C1=Nn2c(nnc2-c2cccs2)SC1. The Labute approximate surface area is 179 Å². The van der Waals surface area contributed by atoms with Crippen molar-refractivity contribution < 1.29 is 14.5 Å². The summed E-state index contributed by atoms with van der Waals surface area (Å²) in [6.07, 6.45) is 1.63. The van der Waals surface area contributed by atoms with Gasteiger partial charge in [0.1, 0.15) is 0 Å². The third-order valence-corrected chi connectivity index (χ3v) is 5.93. The number of hydrogen-bond donors (Lipinski definition) is 0. The van der Waals surface area contributed by atoms with E-state index in [2.05, 4.69) is 15.3 Å². The minimum Gasteiger partial charge on any atom is -0.462 e. The number of nitrogens with zero attached hydrogens (tertiary/aromatic N) is 5. The number of non-ortho nitro benzene ring substituents is 1. The first kappa shape index (κ1) is 20.0. The molecule has 11 heteroatoms. The third kappa shape index (κ3) is 4.02. The molecule has 4 rings (SSSR count). The number of benzene rings is 1. The number of rotatable bonds is 6. The zero-order valence-electron chi connectivity index (χ0n) is 15.7. The molecule has 0 bridgehead atoms. The Hall–Kier alpha value is -3.31. The predicted molar refractivity (Wildman–Crippen MR) is 115 cm³/mol. The van der Waals surface area contributed by atoms with E-state index in [-0.39, 0.29) is 17.9 Å². The van der Waals surface area contributed by atoms with Crippen molar-refractivity contribution in [3.63, 3.8) is 0 Å². The molecule has 0 saturated carbocycles. The molecular weight excluding hydrogens is 426 g/mol. The number of thioether (sulfide) groups is 1. The first-order valence-electron chi connectivity index (χ1n) is 8.90. The van der Waals surface area contributed by atoms with Gasteiger partial charge in [-0.3, -0.25) is 10.1 Å². The number of ether oxygens (including phenoxy) is 1. The van der Waals surface area contributed by atoms with Crippen molar-refractivity contribution >= 4 is 46.5 Å². The molecule has 0 fully saturated rings. The summed E-state index contributed by atoms with van der Waals surface area (Å²) >= 11 is 2.94. The van der Waals surface area contributed by atoms with E-state index in [1.807, 2.05) is 17.5 Å². The van der Waals surface area contributed by atoms with Gasteiger partial charge in [0.05, 0.1) is 27.7 Å². The van der Waals surface area contributed by atoms with Crippen LogP contribution < -0.4 is 0 Å². The van der Waals surface area contributed by atoms with Gasteiger partial charge in [-0.05, 0) is 42.1 Å². The molecule has 0 atom stereocenters. The Morgan fingerprint density at radius 1 is 1.30 bits per heavy atom. The lowest BCUT2D eigenvalue weighted by atomic mass is 10.1. The molecule has 2 aromatic heterocycles. The van der Waals surface area contributed by atoms with E-state index in [1.54, 1.807) is 29.8 Å². The van der Waals surface area contributed by atoms with Crippen LogP contribution in [0, 0.1) is 10.1 Å². The van der Waals surface area contributed by atoms with E-state index in [0.717, 1.165) is 4.88 Å². The lowest BCUT2D eigenvalue weighted by molar-refractivity contribution is -0.384. The van der Waals surface area contributed by atoms with Crippen LogP contribution in [0.2, 0.25) is 0 Å². The summed E-state index contributed by atoms with van der Waals surface area (Å²) in [5.74, 6) is 0.507. The molecular formula is C19H15N5O4S2. The van der Waals surface area contributed by atoms with Crippen LogP contribution >= 0.6 is 23.1 Å². The number of carbonyl (C=O) groups excluding carboxylic acids is 1. The fourth-order valence-electron chi connectivity index (χ4n) is 2.75. The summed E-state index contributed by atoms with van der Waals surface area (Å²) in [4.78, 5) is 24.0. The van der Waals surface area contributed by atoms with Crippen LogP contribution in [0.25, 0.3) is 16.8 Å². The number of hydrogen-bond acceptors (Lipinski definition) is 9. The van der Waals surface area contributed by atoms with Gasteiger partial charge in [0.15, 0.2) is 5.82 Å². The van der Waals surface area contributed by atoms with E-state index in [1.165, 1.54) is 35.2 Å². The van der Waals surface area contributed by atoms with Gasteiger partial charge < -0.3 is 4.74 Å². The number of thiophene rings is 1. The van der Waals surface area contributed by atoms with Gasteiger partial charge in [-0.15, -0.1) is 21.5 Å². The number of aromatic nitrogens is 3. The van der Waals surface area contributed by atoms with Crippen LogP contribution in [0.4, 0.5) is 5.69 Å².